The maximum absolute atomic E-state index is 12.5. The first-order valence-electron chi connectivity index (χ1n) is 8.02. The van der Waals surface area contributed by atoms with Crippen LogP contribution in [-0.2, 0) is 7.05 Å². The number of rotatable bonds is 3. The number of anilines is 3. The van der Waals surface area contributed by atoms with Crippen molar-refractivity contribution < 1.29 is 4.79 Å². The van der Waals surface area contributed by atoms with E-state index in [1.54, 1.807) is 10.9 Å². The normalized spacial score (nSPS) is 18.5. The number of hydrogen-bond acceptors (Lipinski definition) is 7. The molecule has 2 aromatic heterocycles. The van der Waals surface area contributed by atoms with E-state index in [1.807, 2.05) is 14.0 Å². The van der Waals surface area contributed by atoms with Gasteiger partial charge in [0, 0.05) is 26.2 Å². The van der Waals surface area contributed by atoms with E-state index in [1.165, 1.54) is 11.3 Å². The average molecular weight is 349 g/mol. The van der Waals surface area contributed by atoms with E-state index in [9.17, 15) is 4.79 Å². The average Bonchev–Trinajstić information content (AvgIpc) is 2.96. The molecule has 24 heavy (non-hydrogen) atoms. The third-order valence-electron chi connectivity index (χ3n) is 4.20. The zero-order chi connectivity index (χ0) is 17.3. The van der Waals surface area contributed by atoms with Crippen LogP contribution in [0.1, 0.15) is 34.8 Å². The van der Waals surface area contributed by atoms with E-state index >= 15 is 0 Å². The van der Waals surface area contributed by atoms with Crippen molar-refractivity contribution in [1.82, 2.24) is 14.8 Å². The van der Waals surface area contributed by atoms with Crippen LogP contribution in [0.2, 0.25) is 0 Å². The van der Waals surface area contributed by atoms with Crippen molar-refractivity contribution in [2.24, 2.45) is 12.8 Å². The highest BCUT2D eigenvalue weighted by atomic mass is 32.1. The van der Waals surface area contributed by atoms with E-state index in [-0.39, 0.29) is 17.6 Å². The fourth-order valence-corrected chi connectivity index (χ4v) is 3.71. The first-order chi connectivity index (χ1) is 11.5. The third-order valence-corrected chi connectivity index (χ3v) is 5.00. The summed E-state index contributed by atoms with van der Waals surface area (Å²) >= 11 is 1.31. The number of aryl methyl sites for hydroxylation is 2. The number of hydrogen-bond donors (Lipinski definition) is 3. The highest BCUT2D eigenvalue weighted by Crippen LogP contribution is 2.29. The van der Waals surface area contributed by atoms with Crippen molar-refractivity contribution in [2.75, 3.05) is 29.0 Å². The molecule has 1 saturated heterocycles. The number of carbonyl (C=O) groups excluding carboxylic acids is 1. The lowest BCUT2D eigenvalue weighted by Crippen LogP contribution is -2.29. The van der Waals surface area contributed by atoms with Crippen molar-refractivity contribution in [2.45, 2.75) is 32.2 Å². The maximum Gasteiger partial charge on any atom is 0.277 e. The highest BCUT2D eigenvalue weighted by Gasteiger charge is 2.23. The summed E-state index contributed by atoms with van der Waals surface area (Å²) in [6.45, 7) is 3.57. The Labute approximate surface area is 144 Å². The zero-order valence-electron chi connectivity index (χ0n) is 14.0. The Bertz CT molecular complexity index is 738. The molecule has 3 heterocycles. The second-order valence-corrected chi connectivity index (χ2v) is 7.32. The third kappa shape index (κ3) is 3.36. The minimum atomic E-state index is -0.308. The van der Waals surface area contributed by atoms with Gasteiger partial charge in [-0.15, -0.1) is 11.3 Å². The van der Waals surface area contributed by atoms with Crippen molar-refractivity contribution in [3.8, 4) is 0 Å². The largest absolute Gasteiger partial charge is 0.389 e. The van der Waals surface area contributed by atoms with Gasteiger partial charge in [-0.1, -0.05) is 0 Å². The van der Waals surface area contributed by atoms with E-state index in [2.05, 4.69) is 20.3 Å². The molecule has 1 atom stereocenters. The first kappa shape index (κ1) is 16.7. The number of nitrogen functional groups attached to an aromatic ring is 1. The minimum Gasteiger partial charge on any atom is -0.389 e. The highest BCUT2D eigenvalue weighted by molar-refractivity contribution is 7.15. The van der Waals surface area contributed by atoms with Crippen molar-refractivity contribution >= 4 is 33.8 Å². The van der Waals surface area contributed by atoms with Crippen molar-refractivity contribution in [1.29, 1.82) is 0 Å². The number of aromatic nitrogens is 3. The van der Waals surface area contributed by atoms with Crippen LogP contribution in [0.15, 0.2) is 6.20 Å². The predicted octanol–water partition coefficient (Wildman–Crippen LogP) is 1.34. The number of amides is 1. The molecular weight excluding hydrogens is 326 g/mol. The number of carbonyl (C=O) groups is 1. The second-order valence-electron chi connectivity index (χ2n) is 6.08. The molecule has 0 aliphatic carbocycles. The first-order valence-corrected chi connectivity index (χ1v) is 8.84. The summed E-state index contributed by atoms with van der Waals surface area (Å²) in [6.07, 6.45) is 4.63. The summed E-state index contributed by atoms with van der Waals surface area (Å²) in [5, 5.41) is 8.39. The quantitative estimate of drug-likeness (QED) is 0.770. The summed E-state index contributed by atoms with van der Waals surface area (Å²) in [5.74, 6) is 0.584. The maximum atomic E-state index is 12.5. The lowest BCUT2D eigenvalue weighted by Gasteiger charge is -2.24. The van der Waals surface area contributed by atoms with Gasteiger partial charge in [-0.05, 0) is 26.2 Å². The van der Waals surface area contributed by atoms with Crippen LogP contribution >= 0.6 is 11.3 Å². The van der Waals surface area contributed by atoms with Crippen LogP contribution in [0.25, 0.3) is 0 Å². The van der Waals surface area contributed by atoms with Gasteiger partial charge >= 0.3 is 0 Å². The van der Waals surface area contributed by atoms with Gasteiger partial charge in [-0.25, -0.2) is 4.98 Å². The van der Waals surface area contributed by atoms with E-state index in [0.717, 1.165) is 43.2 Å². The number of thiazole rings is 1. The van der Waals surface area contributed by atoms with Crippen LogP contribution in [0.5, 0.6) is 0 Å². The van der Waals surface area contributed by atoms with Gasteiger partial charge in [0.25, 0.3) is 5.91 Å². The summed E-state index contributed by atoms with van der Waals surface area (Å²) in [5.41, 5.74) is 12.9. The molecule has 1 aliphatic rings. The van der Waals surface area contributed by atoms with Crippen LogP contribution in [0.3, 0.4) is 0 Å². The second kappa shape index (κ2) is 6.78. The molecule has 9 heteroatoms. The molecule has 0 aromatic carbocycles. The molecule has 1 unspecified atom stereocenters. The molecular formula is C15H23N7OS. The molecule has 130 valence electrons. The molecule has 1 amide bonds. The van der Waals surface area contributed by atoms with E-state index in [4.69, 9.17) is 11.5 Å². The standard InChI is InChI=1S/C15H23N7OS/c1-9-19-12(13(17)24-9)14(23)20-11-8-18-21(2)15(11)22-6-3-4-10(16)5-7-22/h8,10H,3-7,16-17H2,1-2H3,(H,20,23). The van der Waals surface area contributed by atoms with Crippen molar-refractivity contribution in [3.05, 3.63) is 16.9 Å². The van der Waals surface area contributed by atoms with Gasteiger partial charge < -0.3 is 21.7 Å². The molecule has 0 saturated carbocycles. The minimum absolute atomic E-state index is 0.235. The molecule has 1 fully saturated rings. The summed E-state index contributed by atoms with van der Waals surface area (Å²) in [4.78, 5) is 18.9. The van der Waals surface area contributed by atoms with Gasteiger partial charge in [0.15, 0.2) is 11.5 Å². The smallest absolute Gasteiger partial charge is 0.277 e. The van der Waals surface area contributed by atoms with Crippen LogP contribution in [0.4, 0.5) is 16.5 Å². The fraction of sp³-hybridized carbons (Fsp3) is 0.533. The Hall–Kier alpha value is -2.13. The Morgan fingerprint density at radius 1 is 1.42 bits per heavy atom. The Morgan fingerprint density at radius 2 is 2.21 bits per heavy atom. The van der Waals surface area contributed by atoms with Crippen molar-refractivity contribution in [3.63, 3.8) is 0 Å². The molecule has 0 radical (unpaired) electrons. The van der Waals surface area contributed by atoms with Crippen LogP contribution in [-0.4, -0.2) is 39.8 Å². The van der Waals surface area contributed by atoms with Gasteiger partial charge in [0.1, 0.15) is 10.7 Å². The number of nitrogens with two attached hydrogens (primary N) is 2. The molecule has 5 N–H and O–H groups in total. The van der Waals surface area contributed by atoms with Gasteiger partial charge in [0.2, 0.25) is 0 Å². The van der Waals surface area contributed by atoms with Gasteiger partial charge in [-0.3, -0.25) is 9.48 Å². The molecule has 1 aliphatic heterocycles. The molecule has 0 spiro atoms. The van der Waals surface area contributed by atoms with E-state index < -0.39 is 0 Å². The molecule has 3 rings (SSSR count). The topological polar surface area (TPSA) is 115 Å². The van der Waals surface area contributed by atoms with Gasteiger partial charge in [-0.2, -0.15) is 5.10 Å². The summed E-state index contributed by atoms with van der Waals surface area (Å²) in [7, 11) is 1.87. The Kier molecular flexibility index (Phi) is 4.72. The molecule has 2 aromatic rings. The number of nitrogens with one attached hydrogen (secondary N) is 1. The lowest BCUT2D eigenvalue weighted by atomic mass is 10.1. The fourth-order valence-electron chi connectivity index (χ4n) is 3.02. The molecule has 8 nitrogen and oxygen atoms in total. The van der Waals surface area contributed by atoms with E-state index in [0.29, 0.717) is 10.7 Å². The van der Waals surface area contributed by atoms with Crippen LogP contribution < -0.4 is 21.7 Å². The van der Waals surface area contributed by atoms with Crippen LogP contribution in [0, 0.1) is 6.92 Å². The SMILES string of the molecule is Cc1nc(C(=O)Nc2cnn(C)c2N2CCCC(N)CC2)c(N)s1. The summed E-state index contributed by atoms with van der Waals surface area (Å²) < 4.78 is 1.78. The zero-order valence-corrected chi connectivity index (χ0v) is 14.8. The lowest BCUT2D eigenvalue weighted by molar-refractivity contribution is 0.102. The Balaban J connectivity index is 1.82. The summed E-state index contributed by atoms with van der Waals surface area (Å²) in [6, 6.07) is 0.235. The molecule has 0 bridgehead atoms. The monoisotopic (exact) mass is 349 g/mol. The van der Waals surface area contributed by atoms with Gasteiger partial charge in [0.05, 0.1) is 11.2 Å². The Morgan fingerprint density at radius 3 is 2.92 bits per heavy atom. The predicted molar refractivity (Wildman–Crippen MR) is 96.5 cm³/mol. The number of nitrogens with zero attached hydrogens (tertiary/aromatic N) is 4.